The Balaban J connectivity index is 1.29. The van der Waals surface area contributed by atoms with Crippen molar-refractivity contribution in [3.8, 4) is 22.6 Å². The molecule has 0 bridgehead atoms. The number of rotatable bonds is 16. The summed E-state index contributed by atoms with van der Waals surface area (Å²) in [5.41, 5.74) is 5.83. The van der Waals surface area contributed by atoms with E-state index in [-0.39, 0.29) is 12.1 Å². The number of aromatic nitrogens is 2. The van der Waals surface area contributed by atoms with E-state index in [2.05, 4.69) is 59.9 Å². The van der Waals surface area contributed by atoms with Gasteiger partial charge in [-0.25, -0.2) is 9.59 Å². The van der Waals surface area contributed by atoms with Gasteiger partial charge in [0.25, 0.3) is 0 Å². The smallest absolute Gasteiger partial charge is 0.331 e. The molecule has 0 spiro atoms. The van der Waals surface area contributed by atoms with Gasteiger partial charge in [-0.3, -0.25) is 9.80 Å². The highest BCUT2D eigenvalue weighted by atomic mass is 16.6. The van der Waals surface area contributed by atoms with Crippen LogP contribution in [0.1, 0.15) is 101 Å². The molecule has 0 N–H and O–H groups in total. The molecule has 4 atom stereocenters. The van der Waals surface area contributed by atoms with E-state index in [1.165, 1.54) is 12.2 Å². The van der Waals surface area contributed by atoms with Gasteiger partial charge < -0.3 is 18.5 Å². The zero-order chi connectivity index (χ0) is 36.5. The van der Waals surface area contributed by atoms with E-state index in [4.69, 9.17) is 18.5 Å². The van der Waals surface area contributed by atoms with Crippen molar-refractivity contribution >= 4 is 11.9 Å². The van der Waals surface area contributed by atoms with Crippen molar-refractivity contribution < 1.29 is 28.1 Å². The maximum absolute atomic E-state index is 13.8. The van der Waals surface area contributed by atoms with Crippen LogP contribution >= 0.6 is 0 Å². The van der Waals surface area contributed by atoms with E-state index >= 15 is 0 Å². The molecule has 10 heteroatoms. The molecule has 276 valence electrons. The molecule has 0 aliphatic heterocycles. The Labute approximate surface area is 307 Å². The first-order chi connectivity index (χ1) is 25.5. The first-order valence-corrected chi connectivity index (χ1v) is 19.1. The molecule has 2 aromatic heterocycles. The van der Waals surface area contributed by atoms with Gasteiger partial charge in [-0.05, 0) is 88.7 Å². The molecule has 2 aliphatic rings. The number of carbonyl (C=O) groups is 2. The lowest BCUT2D eigenvalue weighted by Crippen LogP contribution is -2.45. The second-order valence-electron chi connectivity index (χ2n) is 13.8. The van der Waals surface area contributed by atoms with Crippen LogP contribution < -0.4 is 0 Å². The van der Waals surface area contributed by atoms with Crippen molar-refractivity contribution in [2.24, 2.45) is 0 Å². The Hall–Kier alpha value is -4.54. The topological polar surface area (TPSA) is 111 Å². The first kappa shape index (κ1) is 37.2. The van der Waals surface area contributed by atoms with E-state index in [9.17, 15) is 9.59 Å². The summed E-state index contributed by atoms with van der Waals surface area (Å²) in [6, 6.07) is 15.8. The number of esters is 2. The van der Waals surface area contributed by atoms with Gasteiger partial charge in [0.05, 0.1) is 24.5 Å². The lowest BCUT2D eigenvalue weighted by Gasteiger charge is -2.41. The minimum absolute atomic E-state index is 0.0297. The number of hydrogen-bond donors (Lipinski definition) is 0. The van der Waals surface area contributed by atoms with Crippen molar-refractivity contribution in [3.05, 3.63) is 95.3 Å². The third-order valence-electron chi connectivity index (χ3n) is 10.3. The Bertz CT molecular complexity index is 1640. The minimum Gasteiger partial charge on any atom is -0.453 e. The minimum atomic E-state index is -0.596. The molecule has 2 aliphatic carbocycles. The summed E-state index contributed by atoms with van der Waals surface area (Å²) in [5.74, 6) is 0.0631. The largest absolute Gasteiger partial charge is 0.453 e. The fourth-order valence-corrected chi connectivity index (χ4v) is 8.29. The van der Waals surface area contributed by atoms with Gasteiger partial charge in [-0.2, -0.15) is 0 Å². The molecule has 52 heavy (non-hydrogen) atoms. The number of fused-ring (bicyclic) bond motifs is 2. The monoisotopic (exact) mass is 708 g/mol. The van der Waals surface area contributed by atoms with Crippen LogP contribution in [0.5, 0.6) is 0 Å². The van der Waals surface area contributed by atoms with Crippen LogP contribution in [0, 0.1) is 0 Å². The Morgan fingerprint density at radius 2 is 1.06 bits per heavy atom. The molecular weight excluding hydrogens is 656 g/mol. The predicted octanol–water partition coefficient (Wildman–Crippen LogP) is 8.30. The van der Waals surface area contributed by atoms with Crippen molar-refractivity contribution in [1.82, 2.24) is 20.1 Å². The summed E-state index contributed by atoms with van der Waals surface area (Å²) in [4.78, 5) is 32.4. The van der Waals surface area contributed by atoms with Crippen LogP contribution in [0.3, 0.4) is 0 Å². The van der Waals surface area contributed by atoms with E-state index in [0.29, 0.717) is 11.5 Å². The lowest BCUT2D eigenvalue weighted by atomic mass is 9.81. The maximum Gasteiger partial charge on any atom is 0.331 e. The third-order valence-corrected chi connectivity index (χ3v) is 10.3. The molecule has 0 saturated heterocycles. The summed E-state index contributed by atoms with van der Waals surface area (Å²) < 4.78 is 23.9. The van der Waals surface area contributed by atoms with Crippen molar-refractivity contribution in [3.63, 3.8) is 0 Å². The molecule has 0 radical (unpaired) electrons. The molecule has 4 aromatic rings. The lowest BCUT2D eigenvalue weighted by molar-refractivity contribution is -0.150. The van der Waals surface area contributed by atoms with E-state index < -0.39 is 24.1 Å². The molecule has 6 rings (SSSR count). The summed E-state index contributed by atoms with van der Waals surface area (Å²) >= 11 is 0. The SMILES string of the molecule is CCCN(CCC)[C@@H]1CCc2cccc(-c3ccno3)c2C1OC(=O)/C=C\C(=O)OC1c2c(cccc2-c2ccno2)CC[C@H]1N(CCC)CCC. The molecule has 2 unspecified atom stereocenters. The maximum atomic E-state index is 13.8. The van der Waals surface area contributed by atoms with E-state index in [0.717, 1.165) is 111 Å². The van der Waals surface area contributed by atoms with Gasteiger partial charge in [0.2, 0.25) is 0 Å². The molecule has 0 saturated carbocycles. The number of benzene rings is 2. The van der Waals surface area contributed by atoms with Crippen LogP contribution in [-0.4, -0.2) is 70.3 Å². The standard InChI is InChI=1S/C42H52N4O6/c1-5-25-45(26-6-2)33-17-15-29-11-9-13-31(35-21-23-43-51-35)39(29)41(33)49-37(47)19-20-38(48)50-42-34(46(27-7-3)28-8-4)18-16-30-12-10-14-32(40(30)42)36-22-24-44-52-36/h9-14,19-24,33-34,41-42H,5-8,15-18,25-28H2,1-4H3/b20-19-/t33-,34-,41?,42?/m1/s1. The Kier molecular flexibility index (Phi) is 12.7. The molecule has 2 aromatic carbocycles. The average molecular weight is 709 g/mol. The van der Waals surface area contributed by atoms with Gasteiger partial charge in [0.15, 0.2) is 11.5 Å². The van der Waals surface area contributed by atoms with Crippen LogP contribution in [-0.2, 0) is 31.9 Å². The van der Waals surface area contributed by atoms with Crippen molar-refractivity contribution in [1.29, 1.82) is 0 Å². The first-order valence-electron chi connectivity index (χ1n) is 19.1. The summed E-state index contributed by atoms with van der Waals surface area (Å²) in [6.07, 6.45) is 11.9. The molecule has 0 fully saturated rings. The zero-order valence-electron chi connectivity index (χ0n) is 31.0. The van der Waals surface area contributed by atoms with E-state index in [1.54, 1.807) is 12.4 Å². The van der Waals surface area contributed by atoms with Crippen LogP contribution in [0.15, 0.2) is 82.1 Å². The molecule has 0 amide bonds. The highest BCUT2D eigenvalue weighted by molar-refractivity contribution is 5.92. The van der Waals surface area contributed by atoms with Crippen LogP contribution in [0.25, 0.3) is 22.6 Å². The number of hydrogen-bond acceptors (Lipinski definition) is 10. The average Bonchev–Trinajstić information content (AvgIpc) is 3.90. The Morgan fingerprint density at radius 1 is 0.654 bits per heavy atom. The molecule has 10 nitrogen and oxygen atoms in total. The fourth-order valence-electron chi connectivity index (χ4n) is 8.29. The number of nitrogens with zero attached hydrogens (tertiary/aromatic N) is 4. The summed E-state index contributed by atoms with van der Waals surface area (Å²) in [7, 11) is 0. The number of ether oxygens (including phenoxy) is 2. The fraction of sp³-hybridized carbons (Fsp3) is 0.476. The van der Waals surface area contributed by atoms with E-state index in [1.807, 2.05) is 36.4 Å². The van der Waals surface area contributed by atoms with Gasteiger partial charge in [-0.1, -0.05) is 74.4 Å². The van der Waals surface area contributed by atoms with Crippen LogP contribution in [0.4, 0.5) is 0 Å². The Morgan fingerprint density at radius 3 is 1.40 bits per heavy atom. The summed E-state index contributed by atoms with van der Waals surface area (Å²) in [5, 5.41) is 7.89. The van der Waals surface area contributed by atoms with Gasteiger partial charge in [0.1, 0.15) is 12.2 Å². The van der Waals surface area contributed by atoms with Crippen molar-refractivity contribution in [2.45, 2.75) is 103 Å². The third kappa shape index (κ3) is 8.24. The zero-order valence-corrected chi connectivity index (χ0v) is 31.0. The second kappa shape index (κ2) is 17.8. The van der Waals surface area contributed by atoms with Gasteiger partial charge >= 0.3 is 11.9 Å². The number of aryl methyl sites for hydroxylation is 2. The molecular formula is C42H52N4O6. The van der Waals surface area contributed by atoms with Crippen molar-refractivity contribution in [2.75, 3.05) is 26.2 Å². The molecule has 2 heterocycles. The predicted molar refractivity (Wildman–Crippen MR) is 199 cm³/mol. The second-order valence-corrected chi connectivity index (χ2v) is 13.8. The quantitative estimate of drug-likeness (QED) is 0.0833. The van der Waals surface area contributed by atoms with Crippen LogP contribution in [0.2, 0.25) is 0 Å². The van der Waals surface area contributed by atoms with Gasteiger partial charge in [-0.15, -0.1) is 0 Å². The normalized spacial score (nSPS) is 19.9. The summed E-state index contributed by atoms with van der Waals surface area (Å²) in [6.45, 7) is 12.2. The van der Waals surface area contributed by atoms with Gasteiger partial charge in [0, 0.05) is 46.5 Å². The number of carbonyl (C=O) groups excluding carboxylic acids is 2. The highest BCUT2D eigenvalue weighted by Crippen LogP contribution is 2.43. The highest BCUT2D eigenvalue weighted by Gasteiger charge is 2.39.